The average Bonchev–Trinajstić information content (AvgIpc) is 2.28. The average molecular weight is 226 g/mol. The Labute approximate surface area is 97.3 Å². The monoisotopic (exact) mass is 226 g/mol. The first kappa shape index (κ1) is 11.9. The van der Waals surface area contributed by atoms with Crippen LogP contribution in [0.2, 0.25) is 0 Å². The van der Waals surface area contributed by atoms with Gasteiger partial charge in [-0.25, -0.2) is 0 Å². The van der Waals surface area contributed by atoms with E-state index >= 15 is 0 Å². The fourth-order valence-corrected chi connectivity index (χ4v) is 2.64. The van der Waals surface area contributed by atoms with Crippen molar-refractivity contribution < 1.29 is 9.53 Å². The smallest absolute Gasteiger partial charge is 0.239 e. The van der Waals surface area contributed by atoms with E-state index in [1.807, 2.05) is 18.7 Å². The van der Waals surface area contributed by atoms with Crippen molar-refractivity contribution in [3.8, 4) is 0 Å². The van der Waals surface area contributed by atoms with E-state index in [4.69, 9.17) is 4.74 Å². The zero-order valence-corrected chi connectivity index (χ0v) is 10.2. The molecule has 0 spiro atoms. The molecule has 0 aliphatic carbocycles. The predicted octanol–water partition coefficient (Wildman–Crippen LogP) is 0.764. The summed E-state index contributed by atoms with van der Waals surface area (Å²) in [5, 5.41) is 3.31. The molecule has 3 unspecified atom stereocenters. The molecule has 0 aromatic heterocycles. The van der Waals surface area contributed by atoms with Gasteiger partial charge in [0.15, 0.2) is 0 Å². The lowest BCUT2D eigenvalue weighted by Gasteiger charge is -2.38. The molecule has 4 heteroatoms. The van der Waals surface area contributed by atoms with Crippen molar-refractivity contribution in [2.24, 2.45) is 0 Å². The van der Waals surface area contributed by atoms with Crippen LogP contribution in [0.25, 0.3) is 0 Å². The first-order chi connectivity index (χ1) is 7.66. The van der Waals surface area contributed by atoms with Crippen molar-refractivity contribution in [1.82, 2.24) is 10.2 Å². The van der Waals surface area contributed by atoms with E-state index in [0.29, 0.717) is 0 Å². The van der Waals surface area contributed by atoms with Crippen LogP contribution >= 0.6 is 0 Å². The van der Waals surface area contributed by atoms with Gasteiger partial charge in [0.25, 0.3) is 0 Å². The molecule has 1 amide bonds. The number of rotatable bonds is 1. The van der Waals surface area contributed by atoms with Gasteiger partial charge in [-0.2, -0.15) is 0 Å². The Hall–Kier alpha value is -0.610. The van der Waals surface area contributed by atoms with E-state index < -0.39 is 0 Å². The van der Waals surface area contributed by atoms with Gasteiger partial charge in [-0.1, -0.05) is 6.42 Å². The maximum Gasteiger partial charge on any atom is 0.239 e. The molecule has 0 aromatic rings. The number of carbonyl (C=O) groups is 1. The highest BCUT2D eigenvalue weighted by Crippen LogP contribution is 2.15. The van der Waals surface area contributed by atoms with Crippen molar-refractivity contribution in [2.45, 2.75) is 51.4 Å². The van der Waals surface area contributed by atoms with Gasteiger partial charge in [-0.15, -0.1) is 0 Å². The number of carbonyl (C=O) groups excluding carboxylic acids is 1. The van der Waals surface area contributed by atoms with E-state index in [1.54, 1.807) is 0 Å². The third-order valence-electron chi connectivity index (χ3n) is 3.34. The Kier molecular flexibility index (Phi) is 3.82. The highest BCUT2D eigenvalue weighted by molar-refractivity contribution is 5.82. The summed E-state index contributed by atoms with van der Waals surface area (Å²) in [7, 11) is 0. The SMILES string of the molecule is CC1CN(C(=O)C2CCCCN2)CC(C)O1. The summed E-state index contributed by atoms with van der Waals surface area (Å²) in [6, 6.07) is 0.0475. The molecule has 4 nitrogen and oxygen atoms in total. The van der Waals surface area contributed by atoms with Crippen LogP contribution in [-0.4, -0.2) is 48.7 Å². The van der Waals surface area contributed by atoms with Gasteiger partial charge in [0.2, 0.25) is 5.91 Å². The second kappa shape index (κ2) is 5.15. The van der Waals surface area contributed by atoms with Crippen molar-refractivity contribution in [3.05, 3.63) is 0 Å². The van der Waals surface area contributed by atoms with E-state index in [-0.39, 0.29) is 24.2 Å². The third kappa shape index (κ3) is 2.74. The summed E-state index contributed by atoms with van der Waals surface area (Å²) in [5.41, 5.74) is 0. The van der Waals surface area contributed by atoms with Gasteiger partial charge < -0.3 is 15.0 Å². The van der Waals surface area contributed by atoms with Gasteiger partial charge >= 0.3 is 0 Å². The lowest BCUT2D eigenvalue weighted by Crippen LogP contribution is -2.55. The number of amides is 1. The van der Waals surface area contributed by atoms with Crippen molar-refractivity contribution in [1.29, 1.82) is 0 Å². The van der Waals surface area contributed by atoms with Gasteiger partial charge in [0.1, 0.15) is 0 Å². The second-order valence-electron chi connectivity index (χ2n) is 5.00. The van der Waals surface area contributed by atoms with Crippen LogP contribution in [0.15, 0.2) is 0 Å². The molecule has 92 valence electrons. The zero-order chi connectivity index (χ0) is 11.5. The largest absolute Gasteiger partial charge is 0.372 e. The summed E-state index contributed by atoms with van der Waals surface area (Å²) in [6.45, 7) is 6.52. The third-order valence-corrected chi connectivity index (χ3v) is 3.34. The number of ether oxygens (including phenoxy) is 1. The summed E-state index contributed by atoms with van der Waals surface area (Å²) in [5.74, 6) is 0.265. The first-order valence-corrected chi connectivity index (χ1v) is 6.34. The molecule has 2 saturated heterocycles. The van der Waals surface area contributed by atoms with Crippen LogP contribution in [-0.2, 0) is 9.53 Å². The topological polar surface area (TPSA) is 41.6 Å². The molecule has 0 saturated carbocycles. The summed E-state index contributed by atoms with van der Waals surface area (Å²) in [4.78, 5) is 14.2. The lowest BCUT2D eigenvalue weighted by atomic mass is 10.0. The molecule has 0 radical (unpaired) electrons. The Morgan fingerprint density at radius 1 is 1.25 bits per heavy atom. The normalized spacial score (nSPS) is 36.1. The maximum atomic E-state index is 12.3. The fourth-order valence-electron chi connectivity index (χ4n) is 2.64. The molecular weight excluding hydrogens is 204 g/mol. The molecule has 2 aliphatic heterocycles. The van der Waals surface area contributed by atoms with Gasteiger partial charge in [-0.3, -0.25) is 4.79 Å². The highest BCUT2D eigenvalue weighted by Gasteiger charge is 2.30. The molecule has 2 aliphatic rings. The highest BCUT2D eigenvalue weighted by atomic mass is 16.5. The van der Waals surface area contributed by atoms with Crippen LogP contribution in [0, 0.1) is 0 Å². The minimum absolute atomic E-state index is 0.0475. The van der Waals surface area contributed by atoms with Gasteiger partial charge in [-0.05, 0) is 33.2 Å². The van der Waals surface area contributed by atoms with E-state index in [9.17, 15) is 4.79 Å². The number of hydrogen-bond acceptors (Lipinski definition) is 3. The number of nitrogens with zero attached hydrogens (tertiary/aromatic N) is 1. The number of piperidine rings is 1. The fraction of sp³-hybridized carbons (Fsp3) is 0.917. The Morgan fingerprint density at radius 2 is 1.94 bits per heavy atom. The van der Waals surface area contributed by atoms with Crippen LogP contribution in [0.5, 0.6) is 0 Å². The minimum Gasteiger partial charge on any atom is -0.372 e. The van der Waals surface area contributed by atoms with Crippen LogP contribution in [0.1, 0.15) is 33.1 Å². The molecule has 1 N–H and O–H groups in total. The summed E-state index contributed by atoms with van der Waals surface area (Å²) >= 11 is 0. The molecule has 0 bridgehead atoms. The number of hydrogen-bond donors (Lipinski definition) is 1. The number of morpholine rings is 1. The van der Waals surface area contributed by atoms with Crippen LogP contribution in [0.3, 0.4) is 0 Å². The quantitative estimate of drug-likeness (QED) is 0.718. The molecular formula is C12H22N2O2. The van der Waals surface area contributed by atoms with E-state index in [1.165, 1.54) is 12.8 Å². The minimum atomic E-state index is 0.0475. The first-order valence-electron chi connectivity index (χ1n) is 6.34. The second-order valence-corrected chi connectivity index (χ2v) is 5.00. The van der Waals surface area contributed by atoms with Crippen molar-refractivity contribution in [2.75, 3.05) is 19.6 Å². The van der Waals surface area contributed by atoms with E-state index in [0.717, 1.165) is 26.1 Å². The standard InChI is InChI=1S/C12H22N2O2/c1-9-7-14(8-10(2)16-9)12(15)11-5-3-4-6-13-11/h9-11,13H,3-8H2,1-2H3. The van der Waals surface area contributed by atoms with Crippen molar-refractivity contribution >= 4 is 5.91 Å². The molecule has 2 heterocycles. The van der Waals surface area contributed by atoms with Crippen LogP contribution < -0.4 is 5.32 Å². The molecule has 0 aromatic carbocycles. The molecule has 2 rings (SSSR count). The Bertz CT molecular complexity index is 241. The lowest BCUT2D eigenvalue weighted by molar-refractivity contribution is -0.145. The molecule has 16 heavy (non-hydrogen) atoms. The molecule has 3 atom stereocenters. The summed E-state index contributed by atoms with van der Waals surface area (Å²) < 4.78 is 5.64. The number of nitrogens with one attached hydrogen (secondary N) is 1. The van der Waals surface area contributed by atoms with Gasteiger partial charge in [0, 0.05) is 13.1 Å². The predicted molar refractivity (Wildman–Crippen MR) is 62.2 cm³/mol. The Balaban J connectivity index is 1.92. The molecule has 2 fully saturated rings. The maximum absolute atomic E-state index is 12.3. The summed E-state index contributed by atoms with van der Waals surface area (Å²) in [6.07, 6.45) is 3.67. The van der Waals surface area contributed by atoms with Crippen LogP contribution in [0.4, 0.5) is 0 Å². The zero-order valence-electron chi connectivity index (χ0n) is 10.2. The van der Waals surface area contributed by atoms with Gasteiger partial charge in [0.05, 0.1) is 18.2 Å². The van der Waals surface area contributed by atoms with Crippen molar-refractivity contribution in [3.63, 3.8) is 0 Å². The van der Waals surface area contributed by atoms with E-state index in [2.05, 4.69) is 5.32 Å². The Morgan fingerprint density at radius 3 is 2.50 bits per heavy atom.